The Balaban J connectivity index is 1.89. The molecule has 0 atom stereocenters. The van der Waals surface area contributed by atoms with Gasteiger partial charge in [-0.15, -0.1) is 0 Å². The van der Waals surface area contributed by atoms with E-state index in [4.69, 9.17) is 0 Å². The summed E-state index contributed by atoms with van der Waals surface area (Å²) in [5, 5.41) is 5.66. The molecule has 0 bridgehead atoms. The average molecular weight is 272 g/mol. The molecule has 108 valence electrons. The van der Waals surface area contributed by atoms with Crippen molar-refractivity contribution in [2.24, 2.45) is 0 Å². The van der Waals surface area contributed by atoms with Crippen molar-refractivity contribution in [1.82, 2.24) is 5.32 Å². The highest BCUT2D eigenvalue weighted by atomic mass is 16.2. The van der Waals surface area contributed by atoms with Crippen LogP contribution < -0.4 is 10.6 Å². The van der Waals surface area contributed by atoms with E-state index >= 15 is 0 Å². The van der Waals surface area contributed by atoms with E-state index in [1.807, 2.05) is 18.3 Å². The number of allylic oxidation sites excluding steroid dienone is 1. The van der Waals surface area contributed by atoms with E-state index in [2.05, 4.69) is 43.5 Å². The van der Waals surface area contributed by atoms with Crippen LogP contribution in [-0.4, -0.2) is 6.03 Å². The van der Waals surface area contributed by atoms with Crippen LogP contribution in [0, 0.1) is 0 Å². The van der Waals surface area contributed by atoms with Gasteiger partial charge in [-0.2, -0.15) is 0 Å². The van der Waals surface area contributed by atoms with Crippen molar-refractivity contribution in [2.45, 2.75) is 51.9 Å². The van der Waals surface area contributed by atoms with Crippen molar-refractivity contribution < 1.29 is 4.79 Å². The quantitative estimate of drug-likeness (QED) is 0.814. The second-order valence-electron chi connectivity index (χ2n) is 6.44. The summed E-state index contributed by atoms with van der Waals surface area (Å²) >= 11 is 0. The molecule has 1 saturated carbocycles. The maximum absolute atomic E-state index is 11.8. The van der Waals surface area contributed by atoms with Crippen molar-refractivity contribution in [1.29, 1.82) is 0 Å². The molecule has 3 nitrogen and oxygen atoms in total. The molecule has 1 aromatic carbocycles. The minimum atomic E-state index is -0.173. The van der Waals surface area contributed by atoms with E-state index in [9.17, 15) is 4.79 Å². The summed E-state index contributed by atoms with van der Waals surface area (Å²) in [5.41, 5.74) is 3.55. The molecule has 2 N–H and O–H groups in total. The molecule has 0 spiro atoms. The number of amides is 2. The number of carbonyl (C=O) groups excluding carboxylic acids is 1. The molecule has 1 aliphatic carbocycles. The molecule has 20 heavy (non-hydrogen) atoms. The summed E-state index contributed by atoms with van der Waals surface area (Å²) in [6.07, 6.45) is 6.56. The summed E-state index contributed by atoms with van der Waals surface area (Å²) < 4.78 is 0. The van der Waals surface area contributed by atoms with Crippen LogP contribution >= 0.6 is 0 Å². The Bertz CT molecular complexity index is 487. The van der Waals surface area contributed by atoms with Crippen molar-refractivity contribution in [3.63, 3.8) is 0 Å². The maximum atomic E-state index is 11.8. The van der Waals surface area contributed by atoms with Gasteiger partial charge in [-0.1, -0.05) is 38.5 Å². The van der Waals surface area contributed by atoms with Gasteiger partial charge >= 0.3 is 6.03 Å². The van der Waals surface area contributed by atoms with Gasteiger partial charge in [-0.3, -0.25) is 0 Å². The molecule has 1 fully saturated rings. The molecule has 0 saturated heterocycles. The van der Waals surface area contributed by atoms with Gasteiger partial charge in [-0.05, 0) is 48.8 Å². The SMILES string of the molecule is CC(C)(C)c1ccc(NC(=O)NC=C2CCCC2)cc1. The molecule has 0 radical (unpaired) electrons. The predicted octanol–water partition coefficient (Wildman–Crippen LogP) is 4.56. The molecule has 1 aromatic rings. The molecule has 3 heteroatoms. The van der Waals surface area contributed by atoms with Crippen LogP contribution in [0.4, 0.5) is 10.5 Å². The lowest BCUT2D eigenvalue weighted by Crippen LogP contribution is -2.24. The van der Waals surface area contributed by atoms with E-state index in [0.717, 1.165) is 18.5 Å². The van der Waals surface area contributed by atoms with Crippen LogP contribution in [0.3, 0.4) is 0 Å². The summed E-state index contributed by atoms with van der Waals surface area (Å²) in [7, 11) is 0. The summed E-state index contributed by atoms with van der Waals surface area (Å²) in [4.78, 5) is 11.8. The third kappa shape index (κ3) is 4.12. The third-order valence-electron chi connectivity index (χ3n) is 3.66. The zero-order chi connectivity index (χ0) is 14.6. The number of benzene rings is 1. The zero-order valence-corrected chi connectivity index (χ0v) is 12.6. The normalized spacial score (nSPS) is 15.1. The number of carbonyl (C=O) groups is 1. The second-order valence-corrected chi connectivity index (χ2v) is 6.44. The minimum Gasteiger partial charge on any atom is -0.314 e. The fraction of sp³-hybridized carbons (Fsp3) is 0.471. The number of urea groups is 1. The molecule has 1 aliphatic rings. The van der Waals surface area contributed by atoms with E-state index in [1.54, 1.807) is 0 Å². The first-order valence-electron chi connectivity index (χ1n) is 7.31. The topological polar surface area (TPSA) is 41.1 Å². The first-order chi connectivity index (χ1) is 9.45. The van der Waals surface area contributed by atoms with Crippen LogP contribution in [0.1, 0.15) is 52.0 Å². The van der Waals surface area contributed by atoms with Crippen LogP contribution in [-0.2, 0) is 5.41 Å². The number of nitrogens with one attached hydrogen (secondary N) is 2. The molecular weight excluding hydrogens is 248 g/mol. The summed E-state index contributed by atoms with van der Waals surface area (Å²) in [5.74, 6) is 0. The second kappa shape index (κ2) is 6.12. The lowest BCUT2D eigenvalue weighted by molar-refractivity contribution is 0.255. The summed E-state index contributed by atoms with van der Waals surface area (Å²) in [6.45, 7) is 6.53. The van der Waals surface area contributed by atoms with Gasteiger partial charge < -0.3 is 10.6 Å². The number of rotatable bonds is 2. The first kappa shape index (κ1) is 14.6. The Morgan fingerprint density at radius 2 is 1.70 bits per heavy atom. The first-order valence-corrected chi connectivity index (χ1v) is 7.31. The molecule has 0 aliphatic heterocycles. The standard InChI is InChI=1S/C17H24N2O/c1-17(2,3)14-8-10-15(11-9-14)19-16(20)18-12-13-6-4-5-7-13/h8-12H,4-7H2,1-3H3,(H2,18,19,20). The lowest BCUT2D eigenvalue weighted by Gasteiger charge is -2.19. The third-order valence-corrected chi connectivity index (χ3v) is 3.66. The Morgan fingerprint density at radius 1 is 1.10 bits per heavy atom. The Morgan fingerprint density at radius 3 is 2.25 bits per heavy atom. The van der Waals surface area contributed by atoms with E-state index in [0.29, 0.717) is 0 Å². The van der Waals surface area contributed by atoms with Gasteiger partial charge in [0.25, 0.3) is 0 Å². The Labute approximate surface area is 121 Å². The van der Waals surface area contributed by atoms with Gasteiger partial charge in [0.2, 0.25) is 0 Å². The highest BCUT2D eigenvalue weighted by molar-refractivity contribution is 5.89. The molecule has 0 aromatic heterocycles. The molecule has 0 heterocycles. The monoisotopic (exact) mass is 272 g/mol. The van der Waals surface area contributed by atoms with Crippen molar-refractivity contribution in [3.05, 3.63) is 41.6 Å². The Kier molecular flexibility index (Phi) is 4.48. The fourth-order valence-electron chi connectivity index (χ4n) is 2.36. The van der Waals surface area contributed by atoms with Crippen molar-refractivity contribution in [3.8, 4) is 0 Å². The molecule has 2 rings (SSSR count). The average Bonchev–Trinajstić information content (AvgIpc) is 2.89. The Hall–Kier alpha value is -1.77. The molecular formula is C17H24N2O. The highest BCUT2D eigenvalue weighted by Gasteiger charge is 2.13. The van der Waals surface area contributed by atoms with Gasteiger partial charge in [0.05, 0.1) is 0 Å². The van der Waals surface area contributed by atoms with Crippen LogP contribution in [0.2, 0.25) is 0 Å². The van der Waals surface area contributed by atoms with E-state index in [1.165, 1.54) is 24.0 Å². The van der Waals surface area contributed by atoms with Crippen LogP contribution in [0.15, 0.2) is 36.0 Å². The van der Waals surface area contributed by atoms with Gasteiger partial charge in [0.1, 0.15) is 0 Å². The maximum Gasteiger partial charge on any atom is 0.323 e. The van der Waals surface area contributed by atoms with E-state index < -0.39 is 0 Å². The van der Waals surface area contributed by atoms with Gasteiger partial charge in [0.15, 0.2) is 0 Å². The zero-order valence-electron chi connectivity index (χ0n) is 12.6. The lowest BCUT2D eigenvalue weighted by atomic mass is 9.87. The minimum absolute atomic E-state index is 0.133. The predicted molar refractivity (Wildman–Crippen MR) is 83.8 cm³/mol. The molecule has 0 unspecified atom stereocenters. The number of hydrogen-bond donors (Lipinski definition) is 2. The number of hydrogen-bond acceptors (Lipinski definition) is 1. The van der Waals surface area contributed by atoms with Gasteiger partial charge in [-0.25, -0.2) is 4.79 Å². The largest absolute Gasteiger partial charge is 0.323 e. The molecule has 2 amide bonds. The van der Waals surface area contributed by atoms with Crippen LogP contribution in [0.25, 0.3) is 0 Å². The van der Waals surface area contributed by atoms with E-state index in [-0.39, 0.29) is 11.4 Å². The van der Waals surface area contributed by atoms with Crippen molar-refractivity contribution >= 4 is 11.7 Å². The fourth-order valence-corrected chi connectivity index (χ4v) is 2.36. The van der Waals surface area contributed by atoms with Crippen LogP contribution in [0.5, 0.6) is 0 Å². The summed E-state index contributed by atoms with van der Waals surface area (Å²) in [6, 6.07) is 7.84. The van der Waals surface area contributed by atoms with Crippen molar-refractivity contribution in [2.75, 3.05) is 5.32 Å². The smallest absolute Gasteiger partial charge is 0.314 e. The van der Waals surface area contributed by atoms with Gasteiger partial charge in [0, 0.05) is 11.9 Å². The number of anilines is 1. The highest BCUT2D eigenvalue weighted by Crippen LogP contribution is 2.24.